The second kappa shape index (κ2) is 7.80. The Morgan fingerprint density at radius 3 is 2.93 bits per heavy atom. The molecule has 3 heterocycles. The van der Waals surface area contributed by atoms with E-state index in [0.29, 0.717) is 18.2 Å². The van der Waals surface area contributed by atoms with Crippen molar-refractivity contribution >= 4 is 16.9 Å². The highest BCUT2D eigenvalue weighted by Crippen LogP contribution is 2.27. The van der Waals surface area contributed by atoms with Crippen LogP contribution in [0.2, 0.25) is 0 Å². The summed E-state index contributed by atoms with van der Waals surface area (Å²) in [6.45, 7) is 9.89. The molecular weight excluding hydrogens is 352 g/mol. The van der Waals surface area contributed by atoms with Gasteiger partial charge in [-0.3, -0.25) is 9.58 Å². The number of nitrogens with one attached hydrogen (secondary N) is 1. The Balaban J connectivity index is 1.61. The molecule has 0 amide bonds. The zero-order chi connectivity index (χ0) is 19.7. The van der Waals surface area contributed by atoms with Gasteiger partial charge in [-0.05, 0) is 24.5 Å². The first-order chi connectivity index (χ1) is 13.6. The molecule has 0 bridgehead atoms. The normalized spacial score (nSPS) is 14.6. The third-order valence-electron chi connectivity index (χ3n) is 5.29. The second-order valence-corrected chi connectivity index (χ2v) is 7.89. The molecule has 0 fully saturated rings. The lowest BCUT2D eigenvalue weighted by Crippen LogP contribution is -2.31. The van der Waals surface area contributed by atoms with Crippen LogP contribution >= 0.6 is 0 Å². The molecule has 3 aromatic rings. The van der Waals surface area contributed by atoms with Crippen molar-refractivity contribution in [2.45, 2.75) is 46.8 Å². The highest BCUT2D eigenvalue weighted by atomic mass is 16.5. The second-order valence-electron chi connectivity index (χ2n) is 7.89. The number of hydrogen-bond donors (Lipinski definition) is 1. The average Bonchev–Trinajstić information content (AvgIpc) is 3.23. The summed E-state index contributed by atoms with van der Waals surface area (Å²) in [7, 11) is 0. The molecule has 28 heavy (non-hydrogen) atoms. The van der Waals surface area contributed by atoms with Gasteiger partial charge in [0.05, 0.1) is 6.61 Å². The van der Waals surface area contributed by atoms with E-state index >= 15 is 0 Å². The molecule has 1 aliphatic heterocycles. The van der Waals surface area contributed by atoms with E-state index in [1.165, 1.54) is 16.6 Å². The van der Waals surface area contributed by atoms with Crippen molar-refractivity contribution in [2.24, 2.45) is 5.92 Å². The number of para-hydroxylation sites is 1. The van der Waals surface area contributed by atoms with Crippen LogP contribution in [-0.4, -0.2) is 38.8 Å². The van der Waals surface area contributed by atoms with Crippen LogP contribution < -0.4 is 0 Å². The van der Waals surface area contributed by atoms with E-state index in [-0.39, 0.29) is 5.97 Å². The van der Waals surface area contributed by atoms with Gasteiger partial charge in [0.2, 0.25) is 0 Å². The Labute approximate surface area is 165 Å². The van der Waals surface area contributed by atoms with E-state index in [1.807, 2.05) is 17.7 Å². The number of fused-ring (bicyclic) bond motifs is 2. The van der Waals surface area contributed by atoms with Crippen molar-refractivity contribution in [2.75, 3.05) is 13.2 Å². The lowest BCUT2D eigenvalue weighted by atomic mass is 10.0. The van der Waals surface area contributed by atoms with Gasteiger partial charge >= 0.3 is 5.97 Å². The van der Waals surface area contributed by atoms with Crippen LogP contribution in [0.4, 0.5) is 0 Å². The van der Waals surface area contributed by atoms with E-state index in [9.17, 15) is 4.79 Å². The molecule has 4 rings (SSSR count). The van der Waals surface area contributed by atoms with Gasteiger partial charge < -0.3 is 9.72 Å². The average molecular weight is 380 g/mol. The van der Waals surface area contributed by atoms with Crippen LogP contribution in [0.5, 0.6) is 0 Å². The number of aromatic amines is 1. The topological polar surface area (TPSA) is 63.1 Å². The van der Waals surface area contributed by atoms with Gasteiger partial charge in [0.25, 0.3) is 0 Å². The van der Waals surface area contributed by atoms with Gasteiger partial charge in [0, 0.05) is 61.0 Å². The van der Waals surface area contributed by atoms with Gasteiger partial charge in [0.1, 0.15) is 0 Å². The summed E-state index contributed by atoms with van der Waals surface area (Å²) in [4.78, 5) is 18.2. The first-order valence-corrected chi connectivity index (χ1v) is 10.1. The summed E-state index contributed by atoms with van der Waals surface area (Å²) in [6.07, 6.45) is 2.99. The molecule has 6 nitrogen and oxygen atoms in total. The summed E-state index contributed by atoms with van der Waals surface area (Å²) < 4.78 is 7.30. The van der Waals surface area contributed by atoms with Crippen molar-refractivity contribution in [3.05, 3.63) is 53.0 Å². The minimum absolute atomic E-state index is 0.310. The number of benzene rings is 1. The molecule has 1 N–H and O–H groups in total. The SMILES string of the molecule is CCOC(=O)c1nn(CC(C)C)c2c1CN(Cc1c[nH]c3ccccc13)CC2. The van der Waals surface area contributed by atoms with E-state index in [0.717, 1.165) is 43.7 Å². The van der Waals surface area contributed by atoms with Gasteiger partial charge in [-0.15, -0.1) is 0 Å². The third kappa shape index (κ3) is 3.56. The summed E-state index contributed by atoms with van der Waals surface area (Å²) in [5.41, 5.74) is 5.15. The predicted molar refractivity (Wildman–Crippen MR) is 109 cm³/mol. The standard InChI is InChI=1S/C22H28N4O2/c1-4-28-22(27)21-18-14-25(10-9-20(18)26(24-21)12-15(2)3)13-16-11-23-19-8-6-5-7-17(16)19/h5-8,11,15,23H,4,9-10,12-14H2,1-3H3. The fourth-order valence-electron chi connectivity index (χ4n) is 4.05. The molecule has 0 radical (unpaired) electrons. The largest absolute Gasteiger partial charge is 0.461 e. The van der Waals surface area contributed by atoms with E-state index in [1.54, 1.807) is 0 Å². The van der Waals surface area contributed by atoms with Crippen molar-refractivity contribution in [3.8, 4) is 0 Å². The number of carbonyl (C=O) groups excluding carboxylic acids is 1. The molecule has 2 aromatic heterocycles. The molecule has 6 heteroatoms. The lowest BCUT2D eigenvalue weighted by molar-refractivity contribution is 0.0515. The van der Waals surface area contributed by atoms with Crippen molar-refractivity contribution < 1.29 is 9.53 Å². The fourth-order valence-corrected chi connectivity index (χ4v) is 4.05. The number of ether oxygens (including phenoxy) is 1. The van der Waals surface area contributed by atoms with Crippen LogP contribution in [-0.2, 0) is 30.8 Å². The summed E-state index contributed by atoms with van der Waals surface area (Å²) in [5, 5.41) is 5.90. The zero-order valence-electron chi connectivity index (χ0n) is 16.9. The molecule has 0 saturated heterocycles. The molecule has 0 saturated carbocycles. The van der Waals surface area contributed by atoms with Gasteiger partial charge in [-0.25, -0.2) is 4.79 Å². The predicted octanol–water partition coefficient (Wildman–Crippen LogP) is 3.76. The third-order valence-corrected chi connectivity index (χ3v) is 5.29. The molecule has 1 aliphatic rings. The number of aromatic nitrogens is 3. The number of rotatable bonds is 6. The van der Waals surface area contributed by atoms with Crippen LogP contribution in [0.1, 0.15) is 48.1 Å². The van der Waals surface area contributed by atoms with Gasteiger partial charge in [-0.1, -0.05) is 32.0 Å². The highest BCUT2D eigenvalue weighted by molar-refractivity contribution is 5.89. The van der Waals surface area contributed by atoms with E-state index in [2.05, 4.69) is 53.2 Å². The van der Waals surface area contributed by atoms with Crippen molar-refractivity contribution in [1.82, 2.24) is 19.7 Å². The molecule has 0 spiro atoms. The minimum atomic E-state index is -0.310. The number of hydrogen-bond acceptors (Lipinski definition) is 4. The maximum Gasteiger partial charge on any atom is 0.359 e. The molecule has 1 aromatic carbocycles. The zero-order valence-corrected chi connectivity index (χ0v) is 16.9. The van der Waals surface area contributed by atoms with Crippen molar-refractivity contribution in [1.29, 1.82) is 0 Å². The highest BCUT2D eigenvalue weighted by Gasteiger charge is 2.29. The number of esters is 1. The van der Waals surface area contributed by atoms with Crippen molar-refractivity contribution in [3.63, 3.8) is 0 Å². The Hall–Kier alpha value is -2.60. The maximum absolute atomic E-state index is 12.5. The Bertz CT molecular complexity index is 986. The Morgan fingerprint density at radius 2 is 2.14 bits per heavy atom. The summed E-state index contributed by atoms with van der Waals surface area (Å²) >= 11 is 0. The number of nitrogens with zero attached hydrogens (tertiary/aromatic N) is 3. The van der Waals surface area contributed by atoms with Gasteiger partial charge in [0.15, 0.2) is 5.69 Å². The van der Waals surface area contributed by atoms with Crippen LogP contribution in [0, 0.1) is 5.92 Å². The molecule has 0 unspecified atom stereocenters. The minimum Gasteiger partial charge on any atom is -0.461 e. The van der Waals surface area contributed by atoms with E-state index in [4.69, 9.17) is 4.74 Å². The van der Waals surface area contributed by atoms with E-state index < -0.39 is 0 Å². The first kappa shape index (κ1) is 18.7. The van der Waals surface area contributed by atoms with Crippen LogP contribution in [0.3, 0.4) is 0 Å². The molecule has 0 atom stereocenters. The molecule has 148 valence electrons. The Morgan fingerprint density at radius 1 is 1.32 bits per heavy atom. The Kier molecular flexibility index (Phi) is 5.22. The van der Waals surface area contributed by atoms with Crippen LogP contribution in [0.15, 0.2) is 30.5 Å². The summed E-state index contributed by atoms with van der Waals surface area (Å²) in [5.74, 6) is 0.165. The monoisotopic (exact) mass is 380 g/mol. The smallest absolute Gasteiger partial charge is 0.359 e. The molecule has 0 aliphatic carbocycles. The lowest BCUT2D eigenvalue weighted by Gasteiger charge is -2.27. The first-order valence-electron chi connectivity index (χ1n) is 10.1. The van der Waals surface area contributed by atoms with Crippen LogP contribution in [0.25, 0.3) is 10.9 Å². The number of H-pyrrole nitrogens is 1. The fraction of sp³-hybridized carbons (Fsp3) is 0.455. The summed E-state index contributed by atoms with van der Waals surface area (Å²) in [6, 6.07) is 8.37. The maximum atomic E-state index is 12.5. The van der Waals surface area contributed by atoms with Gasteiger partial charge in [-0.2, -0.15) is 5.10 Å². The molecular formula is C22H28N4O2. The quantitative estimate of drug-likeness (QED) is 0.662. The number of carbonyl (C=O) groups is 1.